The van der Waals surface area contributed by atoms with Crippen LogP contribution in [0, 0.1) is 13.8 Å². The molecule has 1 atom stereocenters. The number of nitrogens with one attached hydrogen (secondary N) is 1. The Morgan fingerprint density at radius 2 is 1.81 bits per heavy atom. The molecule has 1 N–H and O–H groups in total. The second-order valence-electron chi connectivity index (χ2n) is 7.03. The topological polar surface area (TPSA) is 58.1 Å². The Labute approximate surface area is 159 Å². The van der Waals surface area contributed by atoms with Crippen molar-refractivity contribution < 1.29 is 4.79 Å². The molecule has 5 heteroatoms. The third kappa shape index (κ3) is 3.16. The number of carbonyl (C=O) groups excluding carboxylic acids is 1. The highest BCUT2D eigenvalue weighted by Gasteiger charge is 2.28. The summed E-state index contributed by atoms with van der Waals surface area (Å²) in [4.78, 5) is 23.6. The minimum atomic E-state index is -0.226. The molecule has 2 heterocycles. The molecule has 136 valence electrons. The third-order valence-electron chi connectivity index (χ3n) is 5.06. The van der Waals surface area contributed by atoms with Gasteiger partial charge in [-0.15, -0.1) is 0 Å². The van der Waals surface area contributed by atoms with E-state index in [-0.39, 0.29) is 11.9 Å². The van der Waals surface area contributed by atoms with Gasteiger partial charge in [-0.1, -0.05) is 36.4 Å². The maximum atomic E-state index is 12.8. The number of para-hydroxylation sites is 2. The SMILES string of the molecule is Cc1cccc(C)c1NC(=O)c1cc(N2c3ccccc3CC2C)ncn1. The van der Waals surface area contributed by atoms with Crippen LogP contribution in [0.15, 0.2) is 54.9 Å². The molecule has 0 saturated heterocycles. The van der Waals surface area contributed by atoms with Crippen molar-refractivity contribution >= 4 is 23.1 Å². The van der Waals surface area contributed by atoms with Crippen molar-refractivity contribution in [3.8, 4) is 0 Å². The van der Waals surface area contributed by atoms with E-state index in [9.17, 15) is 4.79 Å². The van der Waals surface area contributed by atoms with Gasteiger partial charge in [0.05, 0.1) is 0 Å². The minimum absolute atomic E-state index is 0.226. The van der Waals surface area contributed by atoms with E-state index in [2.05, 4.69) is 45.3 Å². The molecule has 1 amide bonds. The first-order valence-corrected chi connectivity index (χ1v) is 9.11. The fourth-order valence-corrected chi connectivity index (χ4v) is 3.71. The van der Waals surface area contributed by atoms with Crippen LogP contribution in [0.3, 0.4) is 0 Å². The maximum absolute atomic E-state index is 12.8. The van der Waals surface area contributed by atoms with Crippen molar-refractivity contribution in [3.63, 3.8) is 0 Å². The average molecular weight is 358 g/mol. The molecule has 1 aliphatic rings. The van der Waals surface area contributed by atoms with E-state index >= 15 is 0 Å². The van der Waals surface area contributed by atoms with E-state index < -0.39 is 0 Å². The molecule has 5 nitrogen and oxygen atoms in total. The zero-order valence-electron chi connectivity index (χ0n) is 15.7. The second kappa shape index (κ2) is 6.83. The quantitative estimate of drug-likeness (QED) is 0.752. The van der Waals surface area contributed by atoms with Crippen LogP contribution >= 0.6 is 0 Å². The Bertz CT molecular complexity index is 994. The lowest BCUT2D eigenvalue weighted by Crippen LogP contribution is -2.25. The number of fused-ring (bicyclic) bond motifs is 1. The Morgan fingerprint density at radius 3 is 2.59 bits per heavy atom. The summed E-state index contributed by atoms with van der Waals surface area (Å²) in [6.07, 6.45) is 2.42. The number of aryl methyl sites for hydroxylation is 2. The largest absolute Gasteiger partial charge is 0.323 e. The smallest absolute Gasteiger partial charge is 0.274 e. The van der Waals surface area contributed by atoms with Gasteiger partial charge < -0.3 is 10.2 Å². The second-order valence-corrected chi connectivity index (χ2v) is 7.03. The van der Waals surface area contributed by atoms with Gasteiger partial charge in [0.15, 0.2) is 0 Å². The van der Waals surface area contributed by atoms with Gasteiger partial charge in [-0.3, -0.25) is 4.79 Å². The van der Waals surface area contributed by atoms with Crippen LogP contribution in [-0.4, -0.2) is 21.9 Å². The summed E-state index contributed by atoms with van der Waals surface area (Å²) in [7, 11) is 0. The van der Waals surface area contributed by atoms with Gasteiger partial charge >= 0.3 is 0 Å². The molecule has 27 heavy (non-hydrogen) atoms. The molecule has 1 aromatic heterocycles. The summed E-state index contributed by atoms with van der Waals surface area (Å²) in [5.41, 5.74) is 5.69. The zero-order valence-corrected chi connectivity index (χ0v) is 15.7. The van der Waals surface area contributed by atoms with Crippen molar-refractivity contribution in [2.24, 2.45) is 0 Å². The molecule has 0 fully saturated rings. The van der Waals surface area contributed by atoms with Gasteiger partial charge in [0.2, 0.25) is 0 Å². The lowest BCUT2D eigenvalue weighted by Gasteiger charge is -2.24. The maximum Gasteiger partial charge on any atom is 0.274 e. The number of anilines is 3. The molecular formula is C22H22N4O. The molecule has 0 spiro atoms. The van der Waals surface area contributed by atoms with Gasteiger partial charge in [0.1, 0.15) is 17.8 Å². The standard InChI is InChI=1S/C22H22N4O/c1-14-7-6-8-15(2)21(14)25-22(27)18-12-20(24-13-23-18)26-16(3)11-17-9-4-5-10-19(17)26/h4-10,12-13,16H,11H2,1-3H3,(H,25,27). The van der Waals surface area contributed by atoms with Gasteiger partial charge in [-0.2, -0.15) is 0 Å². The normalized spacial score (nSPS) is 15.5. The average Bonchev–Trinajstić information content (AvgIpc) is 3.00. The van der Waals surface area contributed by atoms with Gasteiger partial charge in [0.25, 0.3) is 5.91 Å². The van der Waals surface area contributed by atoms with Crippen LogP contribution < -0.4 is 10.2 Å². The Kier molecular flexibility index (Phi) is 4.36. The van der Waals surface area contributed by atoms with Gasteiger partial charge in [0, 0.05) is 23.5 Å². The first-order chi connectivity index (χ1) is 13.0. The Balaban J connectivity index is 1.64. The van der Waals surface area contributed by atoms with Crippen molar-refractivity contribution in [1.82, 2.24) is 9.97 Å². The van der Waals surface area contributed by atoms with Crippen LogP contribution in [0.4, 0.5) is 17.2 Å². The lowest BCUT2D eigenvalue weighted by molar-refractivity contribution is 0.102. The summed E-state index contributed by atoms with van der Waals surface area (Å²) in [6.45, 7) is 6.13. The van der Waals surface area contributed by atoms with E-state index in [1.807, 2.05) is 38.1 Å². The van der Waals surface area contributed by atoms with Gasteiger partial charge in [-0.05, 0) is 49.9 Å². The number of benzene rings is 2. The van der Waals surface area contributed by atoms with Crippen LogP contribution in [0.1, 0.15) is 34.1 Å². The summed E-state index contributed by atoms with van der Waals surface area (Å²) in [6, 6.07) is 16.3. The fraction of sp³-hybridized carbons (Fsp3) is 0.227. The van der Waals surface area contributed by atoms with Gasteiger partial charge in [-0.25, -0.2) is 9.97 Å². The Hall–Kier alpha value is -3.21. The summed E-state index contributed by atoms with van der Waals surface area (Å²) in [5, 5.41) is 3.00. The number of carbonyl (C=O) groups is 1. The highest BCUT2D eigenvalue weighted by atomic mass is 16.1. The molecule has 4 rings (SSSR count). The first-order valence-electron chi connectivity index (χ1n) is 9.11. The predicted octanol–water partition coefficient (Wildman–Crippen LogP) is 4.43. The predicted molar refractivity (Wildman–Crippen MR) is 108 cm³/mol. The van der Waals surface area contributed by atoms with E-state index in [4.69, 9.17) is 0 Å². The molecule has 0 aliphatic carbocycles. The number of amides is 1. The van der Waals surface area contributed by atoms with Crippen LogP contribution in [0.5, 0.6) is 0 Å². The van der Waals surface area contributed by atoms with Crippen LogP contribution in [-0.2, 0) is 6.42 Å². The van der Waals surface area contributed by atoms with Crippen molar-refractivity contribution in [2.45, 2.75) is 33.2 Å². The van der Waals surface area contributed by atoms with Crippen molar-refractivity contribution in [2.75, 3.05) is 10.2 Å². The summed E-state index contributed by atoms with van der Waals surface area (Å²) in [5.74, 6) is 0.519. The molecule has 2 aromatic carbocycles. The van der Waals surface area contributed by atoms with Crippen LogP contribution in [0.25, 0.3) is 0 Å². The monoisotopic (exact) mass is 358 g/mol. The number of nitrogens with zero attached hydrogens (tertiary/aromatic N) is 3. The lowest BCUT2D eigenvalue weighted by atomic mass is 10.1. The van der Waals surface area contributed by atoms with E-state index in [1.165, 1.54) is 11.9 Å². The summed E-state index contributed by atoms with van der Waals surface area (Å²) < 4.78 is 0. The zero-order chi connectivity index (χ0) is 19.0. The van der Waals surface area contributed by atoms with Crippen molar-refractivity contribution in [3.05, 3.63) is 77.2 Å². The number of aromatic nitrogens is 2. The molecule has 3 aromatic rings. The minimum Gasteiger partial charge on any atom is -0.323 e. The molecule has 0 radical (unpaired) electrons. The number of hydrogen-bond acceptors (Lipinski definition) is 4. The highest BCUT2D eigenvalue weighted by Crippen LogP contribution is 2.37. The van der Waals surface area contributed by atoms with Crippen molar-refractivity contribution in [1.29, 1.82) is 0 Å². The highest BCUT2D eigenvalue weighted by molar-refractivity contribution is 6.04. The first kappa shape index (κ1) is 17.2. The molecule has 1 aliphatic heterocycles. The van der Waals surface area contributed by atoms with E-state index in [1.54, 1.807) is 6.07 Å². The van der Waals surface area contributed by atoms with E-state index in [0.29, 0.717) is 5.69 Å². The van der Waals surface area contributed by atoms with E-state index in [0.717, 1.165) is 34.7 Å². The Morgan fingerprint density at radius 1 is 1.07 bits per heavy atom. The molecular weight excluding hydrogens is 336 g/mol. The summed E-state index contributed by atoms with van der Waals surface area (Å²) >= 11 is 0. The van der Waals surface area contributed by atoms with Crippen LogP contribution in [0.2, 0.25) is 0 Å². The fourth-order valence-electron chi connectivity index (χ4n) is 3.71. The number of rotatable bonds is 3. The molecule has 0 bridgehead atoms. The number of hydrogen-bond donors (Lipinski definition) is 1. The molecule has 0 saturated carbocycles. The third-order valence-corrected chi connectivity index (χ3v) is 5.06. The molecule has 1 unspecified atom stereocenters.